The summed E-state index contributed by atoms with van der Waals surface area (Å²) in [7, 11) is 0. The number of nitrogens with zero attached hydrogens (tertiary/aromatic N) is 5. The lowest BCUT2D eigenvalue weighted by molar-refractivity contribution is 0.0953. The summed E-state index contributed by atoms with van der Waals surface area (Å²) in [4.78, 5) is 23.6. The summed E-state index contributed by atoms with van der Waals surface area (Å²) in [5, 5.41) is 5.04. The SMILES string of the molecule is Cc1cc(-c2cnn3c2C(=O)N(c2cc(Cl)c(I)cn2)C[C@@H]3C)ccn1. The van der Waals surface area contributed by atoms with Crippen molar-refractivity contribution in [3.05, 3.63) is 56.8 Å². The Morgan fingerprint density at radius 3 is 2.81 bits per heavy atom. The summed E-state index contributed by atoms with van der Waals surface area (Å²) < 4.78 is 2.64. The fourth-order valence-electron chi connectivity index (χ4n) is 3.14. The standard InChI is InChI=1S/C18H15ClIN5O/c1-10-5-12(3-4-21-10)13-7-23-25-11(2)9-24(18(26)17(13)25)16-6-14(19)15(20)8-22-16/h3-8,11H,9H2,1-2H3/t11-/m0/s1. The fourth-order valence-corrected chi connectivity index (χ4v) is 3.58. The Labute approximate surface area is 169 Å². The maximum absolute atomic E-state index is 13.3. The van der Waals surface area contributed by atoms with Crippen molar-refractivity contribution in [2.24, 2.45) is 0 Å². The Bertz CT molecular complexity index is 1020. The third-order valence-electron chi connectivity index (χ3n) is 4.39. The number of hydrogen-bond donors (Lipinski definition) is 0. The van der Waals surface area contributed by atoms with Crippen LogP contribution >= 0.6 is 34.2 Å². The lowest BCUT2D eigenvalue weighted by Gasteiger charge is -2.31. The molecule has 0 spiro atoms. The van der Waals surface area contributed by atoms with E-state index in [0.29, 0.717) is 23.1 Å². The van der Waals surface area contributed by atoms with Gasteiger partial charge in [-0.05, 0) is 54.1 Å². The molecule has 6 nitrogen and oxygen atoms in total. The lowest BCUT2D eigenvalue weighted by atomic mass is 10.0. The zero-order chi connectivity index (χ0) is 18.4. The van der Waals surface area contributed by atoms with E-state index in [-0.39, 0.29) is 11.9 Å². The number of anilines is 1. The van der Waals surface area contributed by atoms with E-state index in [1.54, 1.807) is 34.2 Å². The summed E-state index contributed by atoms with van der Waals surface area (Å²) in [5.41, 5.74) is 3.18. The molecule has 0 aliphatic carbocycles. The monoisotopic (exact) mass is 479 g/mol. The van der Waals surface area contributed by atoms with E-state index < -0.39 is 0 Å². The molecule has 26 heavy (non-hydrogen) atoms. The predicted molar refractivity (Wildman–Crippen MR) is 109 cm³/mol. The molecule has 0 N–H and O–H groups in total. The molecule has 4 heterocycles. The van der Waals surface area contributed by atoms with E-state index >= 15 is 0 Å². The molecule has 0 radical (unpaired) electrons. The number of aryl methyl sites for hydroxylation is 1. The summed E-state index contributed by atoms with van der Waals surface area (Å²) in [6.45, 7) is 4.45. The molecule has 0 aromatic carbocycles. The second kappa shape index (κ2) is 6.62. The van der Waals surface area contributed by atoms with Gasteiger partial charge in [-0.1, -0.05) is 11.6 Å². The zero-order valence-corrected chi connectivity index (χ0v) is 17.1. The topological polar surface area (TPSA) is 63.9 Å². The number of aromatic nitrogens is 4. The molecule has 3 aromatic heterocycles. The van der Waals surface area contributed by atoms with Crippen LogP contribution in [0.1, 0.15) is 29.1 Å². The van der Waals surface area contributed by atoms with Crippen molar-refractivity contribution >= 4 is 45.9 Å². The van der Waals surface area contributed by atoms with E-state index in [0.717, 1.165) is 20.4 Å². The van der Waals surface area contributed by atoms with Crippen LogP contribution in [-0.2, 0) is 0 Å². The van der Waals surface area contributed by atoms with Gasteiger partial charge in [0.05, 0.1) is 20.8 Å². The third-order valence-corrected chi connectivity index (χ3v) is 5.88. The van der Waals surface area contributed by atoms with Crippen LogP contribution in [0.15, 0.2) is 36.8 Å². The summed E-state index contributed by atoms with van der Waals surface area (Å²) in [5.74, 6) is 0.423. The minimum Gasteiger partial charge on any atom is -0.289 e. The molecular weight excluding hydrogens is 465 g/mol. The molecule has 3 aromatic rings. The molecular formula is C18H15ClIN5O. The lowest BCUT2D eigenvalue weighted by Crippen LogP contribution is -2.43. The van der Waals surface area contributed by atoms with Gasteiger partial charge in [0.15, 0.2) is 0 Å². The Balaban J connectivity index is 1.82. The predicted octanol–water partition coefficient (Wildman–Crippen LogP) is 4.13. The molecule has 1 atom stereocenters. The van der Waals surface area contributed by atoms with Gasteiger partial charge in [0.2, 0.25) is 0 Å². The van der Waals surface area contributed by atoms with Crippen LogP contribution in [-0.4, -0.2) is 32.2 Å². The largest absolute Gasteiger partial charge is 0.289 e. The first-order valence-electron chi connectivity index (χ1n) is 8.09. The van der Waals surface area contributed by atoms with E-state index in [9.17, 15) is 4.79 Å². The van der Waals surface area contributed by atoms with Crippen molar-refractivity contribution in [1.29, 1.82) is 0 Å². The minimum atomic E-state index is -0.130. The molecule has 1 amide bonds. The van der Waals surface area contributed by atoms with Crippen molar-refractivity contribution in [1.82, 2.24) is 19.7 Å². The first-order valence-corrected chi connectivity index (χ1v) is 9.55. The third kappa shape index (κ3) is 2.88. The molecule has 0 fully saturated rings. The van der Waals surface area contributed by atoms with Gasteiger partial charge < -0.3 is 0 Å². The fraction of sp³-hybridized carbons (Fsp3) is 0.222. The molecule has 8 heteroatoms. The van der Waals surface area contributed by atoms with Crippen LogP contribution in [0.25, 0.3) is 11.1 Å². The highest BCUT2D eigenvalue weighted by molar-refractivity contribution is 14.1. The van der Waals surface area contributed by atoms with Crippen LogP contribution in [0.3, 0.4) is 0 Å². The van der Waals surface area contributed by atoms with Crippen molar-refractivity contribution in [2.75, 3.05) is 11.4 Å². The Hall–Kier alpha value is -2.00. The van der Waals surface area contributed by atoms with Crippen LogP contribution in [0.5, 0.6) is 0 Å². The van der Waals surface area contributed by atoms with Crippen molar-refractivity contribution in [3.8, 4) is 11.1 Å². The number of carbonyl (C=O) groups excluding carboxylic acids is 1. The van der Waals surface area contributed by atoms with E-state index in [1.165, 1.54) is 0 Å². The maximum Gasteiger partial charge on any atom is 0.278 e. The average molecular weight is 480 g/mol. The molecule has 0 saturated carbocycles. The smallest absolute Gasteiger partial charge is 0.278 e. The van der Waals surface area contributed by atoms with Crippen molar-refractivity contribution in [3.63, 3.8) is 0 Å². The Kier molecular flexibility index (Phi) is 4.44. The van der Waals surface area contributed by atoms with Gasteiger partial charge in [0.25, 0.3) is 5.91 Å². The second-order valence-electron chi connectivity index (χ2n) is 6.26. The first kappa shape index (κ1) is 17.4. The molecule has 4 rings (SSSR count). The molecule has 0 saturated heterocycles. The van der Waals surface area contributed by atoms with Crippen LogP contribution in [0.4, 0.5) is 5.82 Å². The summed E-state index contributed by atoms with van der Waals surface area (Å²) in [6.07, 6.45) is 5.16. The molecule has 1 aliphatic heterocycles. The molecule has 132 valence electrons. The van der Waals surface area contributed by atoms with Crippen LogP contribution < -0.4 is 4.90 Å². The molecule has 1 aliphatic rings. The van der Waals surface area contributed by atoms with Crippen LogP contribution in [0, 0.1) is 10.5 Å². The van der Waals surface area contributed by atoms with Gasteiger partial charge in [0, 0.05) is 36.3 Å². The van der Waals surface area contributed by atoms with Crippen molar-refractivity contribution in [2.45, 2.75) is 19.9 Å². The zero-order valence-electron chi connectivity index (χ0n) is 14.1. The Morgan fingerprint density at radius 1 is 1.27 bits per heavy atom. The minimum absolute atomic E-state index is 0.0271. The van der Waals surface area contributed by atoms with Gasteiger partial charge in [0.1, 0.15) is 11.5 Å². The molecule has 0 unspecified atom stereocenters. The van der Waals surface area contributed by atoms with E-state index in [4.69, 9.17) is 11.6 Å². The van der Waals surface area contributed by atoms with Crippen molar-refractivity contribution < 1.29 is 4.79 Å². The second-order valence-corrected chi connectivity index (χ2v) is 7.83. The number of carbonyl (C=O) groups is 1. The number of pyridine rings is 2. The number of amides is 1. The van der Waals surface area contributed by atoms with Gasteiger partial charge >= 0.3 is 0 Å². The van der Waals surface area contributed by atoms with Gasteiger partial charge in [-0.2, -0.15) is 5.10 Å². The normalized spacial score (nSPS) is 16.7. The van der Waals surface area contributed by atoms with Crippen LogP contribution in [0.2, 0.25) is 5.02 Å². The van der Waals surface area contributed by atoms with Gasteiger partial charge in [-0.25, -0.2) is 4.98 Å². The van der Waals surface area contributed by atoms with E-state index in [2.05, 4.69) is 37.7 Å². The van der Waals surface area contributed by atoms with E-state index in [1.807, 2.05) is 26.0 Å². The number of fused-ring (bicyclic) bond motifs is 1. The number of hydrogen-bond acceptors (Lipinski definition) is 4. The maximum atomic E-state index is 13.3. The number of rotatable bonds is 2. The highest BCUT2D eigenvalue weighted by atomic mass is 127. The summed E-state index contributed by atoms with van der Waals surface area (Å²) in [6, 6.07) is 5.60. The highest BCUT2D eigenvalue weighted by Gasteiger charge is 2.34. The summed E-state index contributed by atoms with van der Waals surface area (Å²) >= 11 is 8.35. The quantitative estimate of drug-likeness (QED) is 0.519. The number of halogens is 2. The van der Waals surface area contributed by atoms with Gasteiger partial charge in [-0.3, -0.25) is 19.4 Å². The Morgan fingerprint density at radius 2 is 2.08 bits per heavy atom. The first-order chi connectivity index (χ1) is 12.5. The van der Waals surface area contributed by atoms with Gasteiger partial charge in [-0.15, -0.1) is 0 Å². The average Bonchev–Trinajstić information content (AvgIpc) is 3.06. The molecule has 0 bridgehead atoms. The highest BCUT2D eigenvalue weighted by Crippen LogP contribution is 2.33.